The van der Waals surface area contributed by atoms with Gasteiger partial charge >= 0.3 is 0 Å². The molecule has 0 saturated carbocycles. The van der Waals surface area contributed by atoms with Gasteiger partial charge in [-0.2, -0.15) is 0 Å². The van der Waals surface area contributed by atoms with Gasteiger partial charge in [0.15, 0.2) is 0 Å². The van der Waals surface area contributed by atoms with Crippen molar-refractivity contribution in [1.82, 2.24) is 4.98 Å². The van der Waals surface area contributed by atoms with Crippen LogP contribution in [0.3, 0.4) is 0 Å². The Hall–Kier alpha value is -1.75. The van der Waals surface area contributed by atoms with Gasteiger partial charge in [0.2, 0.25) is 0 Å². The Morgan fingerprint density at radius 3 is 2.57 bits per heavy atom. The molecular weight excluding hydrogens is 200 g/mol. The van der Waals surface area contributed by atoms with E-state index in [1.165, 1.54) is 23.5 Å². The Labute approximate surface area is 84.0 Å². The van der Waals surface area contributed by atoms with Crippen molar-refractivity contribution in [3.05, 3.63) is 46.0 Å². The highest BCUT2D eigenvalue weighted by atomic mass is 32.1. The highest BCUT2D eigenvalue weighted by molar-refractivity contribution is 7.13. The summed E-state index contributed by atoms with van der Waals surface area (Å²) in [6, 6.07) is 6.31. The maximum absolute atomic E-state index is 10.4. The monoisotopic (exact) mass is 205 g/mol. The normalized spacial score (nSPS) is 10.0. The first-order valence-electron chi connectivity index (χ1n) is 3.84. The van der Waals surface area contributed by atoms with Crippen LogP contribution in [0.1, 0.15) is 0 Å². The van der Waals surface area contributed by atoms with E-state index in [0.29, 0.717) is 0 Å². The van der Waals surface area contributed by atoms with Crippen LogP contribution in [-0.2, 0) is 0 Å². The van der Waals surface area contributed by atoms with Gasteiger partial charge in [-0.3, -0.25) is 10.1 Å². The summed E-state index contributed by atoms with van der Waals surface area (Å²) in [6.45, 7) is 0. The zero-order chi connectivity index (χ0) is 9.97. The third-order valence-corrected chi connectivity index (χ3v) is 2.49. The van der Waals surface area contributed by atoms with E-state index in [4.69, 9.17) is 0 Å². The number of nitrogens with zero attached hydrogens (tertiary/aromatic N) is 2. The van der Waals surface area contributed by atoms with Crippen LogP contribution in [-0.4, -0.2) is 9.91 Å². The lowest BCUT2D eigenvalue weighted by molar-refractivity contribution is -0.384. The van der Waals surface area contributed by atoms with Crippen LogP contribution in [0.5, 0.6) is 0 Å². The first-order valence-corrected chi connectivity index (χ1v) is 4.72. The summed E-state index contributed by atoms with van der Waals surface area (Å²) >= 11 is 1.45. The number of nitro benzene ring substituents is 1. The van der Waals surface area contributed by atoms with Gasteiger partial charge in [0.1, 0.15) is 11.2 Å². The van der Waals surface area contributed by atoms with E-state index < -0.39 is 4.92 Å². The third-order valence-electron chi connectivity index (χ3n) is 1.71. The maximum Gasteiger partial charge on any atom is 0.269 e. The summed E-state index contributed by atoms with van der Waals surface area (Å²) in [4.78, 5) is 14.0. The van der Waals surface area contributed by atoms with E-state index in [9.17, 15) is 10.1 Å². The molecule has 0 spiro atoms. The summed E-state index contributed by atoms with van der Waals surface area (Å²) in [5, 5.41) is 13.0. The molecular formula is C9H5N2O2S. The van der Waals surface area contributed by atoms with Crippen molar-refractivity contribution >= 4 is 17.0 Å². The van der Waals surface area contributed by atoms with E-state index in [0.717, 1.165) is 10.6 Å². The molecule has 0 N–H and O–H groups in total. The minimum atomic E-state index is -0.419. The van der Waals surface area contributed by atoms with Crippen LogP contribution in [0.15, 0.2) is 29.6 Å². The second-order valence-corrected chi connectivity index (χ2v) is 3.44. The molecule has 14 heavy (non-hydrogen) atoms. The zero-order valence-electron chi connectivity index (χ0n) is 7.01. The minimum Gasteiger partial charge on any atom is -0.258 e. The average Bonchev–Trinajstić information content (AvgIpc) is 2.71. The van der Waals surface area contributed by atoms with Crippen molar-refractivity contribution in [2.45, 2.75) is 0 Å². The third kappa shape index (κ3) is 1.62. The summed E-state index contributed by atoms with van der Waals surface area (Å²) in [6.07, 6.45) is 2.70. The number of nitro groups is 1. The predicted octanol–water partition coefficient (Wildman–Crippen LogP) is 2.52. The number of hydrogen-bond acceptors (Lipinski definition) is 4. The molecule has 1 radical (unpaired) electrons. The smallest absolute Gasteiger partial charge is 0.258 e. The Morgan fingerprint density at radius 1 is 1.36 bits per heavy atom. The zero-order valence-corrected chi connectivity index (χ0v) is 7.82. The first-order chi connectivity index (χ1) is 6.77. The largest absolute Gasteiger partial charge is 0.269 e. The molecule has 4 nitrogen and oxygen atoms in total. The molecule has 0 unspecified atom stereocenters. The van der Waals surface area contributed by atoms with Gasteiger partial charge in [-0.1, -0.05) is 0 Å². The molecule has 1 aromatic heterocycles. The summed E-state index contributed by atoms with van der Waals surface area (Å²) in [5.41, 5.74) is 0.969. The number of non-ortho nitro benzene ring substituents is 1. The molecule has 69 valence electrons. The lowest BCUT2D eigenvalue weighted by Crippen LogP contribution is -1.86. The van der Waals surface area contributed by atoms with Crippen molar-refractivity contribution < 1.29 is 4.92 Å². The SMILES string of the molecule is O=[N+]([O-])c1ccc(-c2n[c]cs2)cc1. The predicted molar refractivity (Wildman–Crippen MR) is 53.0 cm³/mol. The van der Waals surface area contributed by atoms with E-state index in [-0.39, 0.29) is 5.69 Å². The van der Waals surface area contributed by atoms with Gasteiger partial charge in [-0.15, -0.1) is 11.3 Å². The number of benzene rings is 1. The standard InChI is InChI=1S/C9H5N2O2S/c12-11(13)8-3-1-7(2-4-8)9-10-5-6-14-9/h1-4,6H. The van der Waals surface area contributed by atoms with Gasteiger partial charge in [0.05, 0.1) is 4.92 Å². The molecule has 0 aliphatic carbocycles. The molecule has 1 heterocycles. The van der Waals surface area contributed by atoms with Gasteiger partial charge < -0.3 is 0 Å². The highest BCUT2D eigenvalue weighted by Gasteiger charge is 2.05. The molecule has 0 saturated heterocycles. The fourth-order valence-electron chi connectivity index (χ4n) is 1.05. The van der Waals surface area contributed by atoms with Crippen molar-refractivity contribution in [3.63, 3.8) is 0 Å². The molecule has 0 aliphatic rings. The molecule has 0 atom stereocenters. The minimum absolute atomic E-state index is 0.0919. The molecule has 5 heteroatoms. The van der Waals surface area contributed by atoms with E-state index in [2.05, 4.69) is 11.2 Å². The second kappa shape index (κ2) is 3.55. The highest BCUT2D eigenvalue weighted by Crippen LogP contribution is 2.23. The summed E-state index contributed by atoms with van der Waals surface area (Å²) in [5.74, 6) is 0. The van der Waals surface area contributed by atoms with E-state index >= 15 is 0 Å². The van der Waals surface area contributed by atoms with Gasteiger partial charge in [-0.05, 0) is 12.1 Å². The summed E-state index contributed by atoms with van der Waals surface area (Å²) in [7, 11) is 0. The van der Waals surface area contributed by atoms with Gasteiger partial charge in [0.25, 0.3) is 5.69 Å². The van der Waals surface area contributed by atoms with Gasteiger partial charge in [0, 0.05) is 23.1 Å². The van der Waals surface area contributed by atoms with E-state index in [1.807, 2.05) is 0 Å². The van der Waals surface area contributed by atoms with Crippen LogP contribution < -0.4 is 0 Å². The average molecular weight is 205 g/mol. The van der Waals surface area contributed by atoms with Crippen molar-refractivity contribution in [1.29, 1.82) is 0 Å². The van der Waals surface area contributed by atoms with Crippen LogP contribution in [0, 0.1) is 16.3 Å². The molecule has 0 fully saturated rings. The van der Waals surface area contributed by atoms with Crippen LogP contribution in [0.25, 0.3) is 10.6 Å². The lowest BCUT2D eigenvalue weighted by Gasteiger charge is -1.94. The topological polar surface area (TPSA) is 56.0 Å². The fourth-order valence-corrected chi connectivity index (χ4v) is 1.65. The molecule has 2 rings (SSSR count). The van der Waals surface area contributed by atoms with Crippen molar-refractivity contribution in [2.75, 3.05) is 0 Å². The van der Waals surface area contributed by atoms with Gasteiger partial charge in [-0.25, -0.2) is 4.98 Å². The number of hydrogen-bond donors (Lipinski definition) is 0. The van der Waals surface area contributed by atoms with Crippen molar-refractivity contribution in [3.8, 4) is 10.6 Å². The molecule has 2 aromatic rings. The quantitative estimate of drug-likeness (QED) is 0.559. The van der Waals surface area contributed by atoms with Crippen LogP contribution in [0.2, 0.25) is 0 Å². The summed E-state index contributed by atoms with van der Waals surface area (Å²) < 4.78 is 0. The molecule has 1 aromatic carbocycles. The molecule has 0 amide bonds. The Balaban J connectivity index is 2.36. The Morgan fingerprint density at radius 2 is 2.07 bits per heavy atom. The van der Waals surface area contributed by atoms with E-state index in [1.54, 1.807) is 17.5 Å². The van der Waals surface area contributed by atoms with Crippen molar-refractivity contribution in [2.24, 2.45) is 0 Å². The number of rotatable bonds is 2. The Kier molecular flexibility index (Phi) is 2.24. The number of thiazole rings is 1. The van der Waals surface area contributed by atoms with Crippen LogP contribution in [0.4, 0.5) is 5.69 Å². The second-order valence-electron chi connectivity index (χ2n) is 2.59. The fraction of sp³-hybridized carbons (Fsp3) is 0. The molecule has 0 bridgehead atoms. The maximum atomic E-state index is 10.4. The number of aromatic nitrogens is 1. The first kappa shape index (κ1) is 8.83. The Bertz CT molecular complexity index is 436. The lowest BCUT2D eigenvalue weighted by atomic mass is 10.2. The van der Waals surface area contributed by atoms with Crippen LogP contribution >= 0.6 is 11.3 Å². The molecule has 0 aliphatic heterocycles.